The molecule has 0 amide bonds. The zero-order valence-electron chi connectivity index (χ0n) is 20.1. The van der Waals surface area contributed by atoms with E-state index in [9.17, 15) is 15.0 Å². The van der Waals surface area contributed by atoms with Gasteiger partial charge in [-0.2, -0.15) is 0 Å². The lowest BCUT2D eigenvalue weighted by Crippen LogP contribution is -2.62. The molecule has 0 bridgehead atoms. The van der Waals surface area contributed by atoms with Gasteiger partial charge in [-0.05, 0) is 111 Å². The maximum atomic E-state index is 11.7. The van der Waals surface area contributed by atoms with E-state index in [-0.39, 0.29) is 17.6 Å². The van der Waals surface area contributed by atoms with Crippen LogP contribution in [0.15, 0.2) is 0 Å². The molecule has 4 saturated carbocycles. The normalized spacial score (nSPS) is 51.6. The van der Waals surface area contributed by atoms with Gasteiger partial charge in [0.05, 0.1) is 12.2 Å². The number of carbonyl (C=O) groups is 1. The second-order valence-corrected chi connectivity index (χ2v) is 12.3. The van der Waals surface area contributed by atoms with Gasteiger partial charge in [0.1, 0.15) is 5.78 Å². The Bertz CT molecular complexity index is 646. The quantitative estimate of drug-likeness (QED) is 0.609. The molecule has 4 aliphatic carbocycles. The van der Waals surface area contributed by atoms with Crippen LogP contribution in [0.4, 0.5) is 0 Å². The molecule has 0 spiro atoms. The van der Waals surface area contributed by atoms with Crippen LogP contribution in [0.2, 0.25) is 0 Å². The third-order valence-electron chi connectivity index (χ3n) is 11.1. The monoisotopic (exact) mass is 418 g/mol. The number of aliphatic hydroxyl groups excluding tert-OH is 2. The number of fused-ring (bicyclic) bond motifs is 5. The Labute approximate surface area is 184 Å². The number of hydrogen-bond donors (Lipinski definition) is 2. The largest absolute Gasteiger partial charge is 0.393 e. The van der Waals surface area contributed by atoms with Crippen LogP contribution in [0.25, 0.3) is 0 Å². The van der Waals surface area contributed by atoms with Gasteiger partial charge in [0.2, 0.25) is 0 Å². The highest BCUT2D eigenvalue weighted by Crippen LogP contribution is 2.69. The molecule has 0 aliphatic heterocycles. The third-order valence-corrected chi connectivity index (χ3v) is 11.1. The molecule has 0 radical (unpaired) electrons. The SMILES string of the molecule is CCC1[C@@H](O)[C@@H]2[C@H](CC[C@]3(C)[C@@H]([C@H](C)CCC(C)=O)CC[C@@H]23)[C@@]2(C)CC[C@@H](O)C[C@@H]12. The Morgan fingerprint density at radius 2 is 1.67 bits per heavy atom. The fourth-order valence-corrected chi connectivity index (χ4v) is 9.56. The van der Waals surface area contributed by atoms with E-state index < -0.39 is 0 Å². The van der Waals surface area contributed by atoms with Gasteiger partial charge in [0.25, 0.3) is 0 Å². The first-order valence-electron chi connectivity index (χ1n) is 13.0. The van der Waals surface area contributed by atoms with Crippen molar-refractivity contribution in [1.29, 1.82) is 0 Å². The Morgan fingerprint density at radius 1 is 1.00 bits per heavy atom. The predicted octanol–water partition coefficient (Wildman–Crippen LogP) is 5.62. The summed E-state index contributed by atoms with van der Waals surface area (Å²) in [5.41, 5.74) is 0.595. The van der Waals surface area contributed by atoms with Crippen molar-refractivity contribution in [2.24, 2.45) is 52.3 Å². The molecule has 172 valence electrons. The minimum absolute atomic E-state index is 0.173. The van der Waals surface area contributed by atoms with Gasteiger partial charge in [-0.1, -0.05) is 34.1 Å². The van der Waals surface area contributed by atoms with E-state index in [0.717, 1.165) is 32.1 Å². The lowest BCUT2D eigenvalue weighted by molar-refractivity contribution is -0.203. The van der Waals surface area contributed by atoms with Gasteiger partial charge in [0.15, 0.2) is 0 Å². The van der Waals surface area contributed by atoms with Gasteiger partial charge < -0.3 is 15.0 Å². The van der Waals surface area contributed by atoms with E-state index in [0.29, 0.717) is 59.0 Å². The Morgan fingerprint density at radius 3 is 2.33 bits per heavy atom. The van der Waals surface area contributed by atoms with Crippen LogP contribution in [0, 0.1) is 52.3 Å². The number of Topliss-reactive ketones (excluding diaryl/α,β-unsaturated/α-hetero) is 1. The van der Waals surface area contributed by atoms with Crippen molar-refractivity contribution in [3.05, 3.63) is 0 Å². The molecule has 11 atom stereocenters. The van der Waals surface area contributed by atoms with Crippen LogP contribution in [0.1, 0.15) is 98.8 Å². The summed E-state index contributed by atoms with van der Waals surface area (Å²) >= 11 is 0. The topological polar surface area (TPSA) is 57.5 Å². The lowest BCUT2D eigenvalue weighted by Gasteiger charge is -2.64. The first-order valence-corrected chi connectivity index (χ1v) is 13.0. The van der Waals surface area contributed by atoms with E-state index in [2.05, 4.69) is 27.7 Å². The van der Waals surface area contributed by atoms with Crippen LogP contribution in [-0.2, 0) is 4.79 Å². The average Bonchev–Trinajstić information content (AvgIpc) is 3.05. The second-order valence-electron chi connectivity index (χ2n) is 12.3. The van der Waals surface area contributed by atoms with Crippen LogP contribution >= 0.6 is 0 Å². The molecular formula is C27H46O3. The van der Waals surface area contributed by atoms with Crippen molar-refractivity contribution >= 4 is 5.78 Å². The second kappa shape index (κ2) is 8.18. The standard InChI is InChI=1S/C27H46O3/c1-6-19-23-15-18(29)11-13-27(23,5)22-12-14-26(4)20(16(2)7-8-17(3)28)9-10-21(26)24(22)25(19)30/h16,18-25,29-30H,6-15H2,1-5H3/t16-,18-,19?,20-,21+,22+,23+,24+,25-,26-,27-/m1/s1. The summed E-state index contributed by atoms with van der Waals surface area (Å²) in [4.78, 5) is 11.6. The van der Waals surface area contributed by atoms with Gasteiger partial charge in [0, 0.05) is 6.42 Å². The number of carbonyl (C=O) groups excluding carboxylic acids is 1. The molecule has 4 rings (SSSR count). The highest BCUT2D eigenvalue weighted by atomic mass is 16.3. The third kappa shape index (κ3) is 3.41. The highest BCUT2D eigenvalue weighted by molar-refractivity contribution is 5.75. The van der Waals surface area contributed by atoms with Gasteiger partial charge in [-0.3, -0.25) is 0 Å². The molecule has 3 heteroatoms. The van der Waals surface area contributed by atoms with Gasteiger partial charge in [-0.15, -0.1) is 0 Å². The Balaban J connectivity index is 1.61. The summed E-state index contributed by atoms with van der Waals surface area (Å²) in [5.74, 6) is 4.06. The first-order chi connectivity index (χ1) is 14.1. The summed E-state index contributed by atoms with van der Waals surface area (Å²) in [5, 5.41) is 22.2. The average molecular weight is 419 g/mol. The predicted molar refractivity (Wildman–Crippen MR) is 121 cm³/mol. The van der Waals surface area contributed by atoms with E-state index in [1.54, 1.807) is 6.92 Å². The van der Waals surface area contributed by atoms with Crippen molar-refractivity contribution < 1.29 is 15.0 Å². The summed E-state index contributed by atoms with van der Waals surface area (Å²) < 4.78 is 0. The summed E-state index contributed by atoms with van der Waals surface area (Å²) in [7, 11) is 0. The van der Waals surface area contributed by atoms with Crippen molar-refractivity contribution in [3.8, 4) is 0 Å². The Hall–Kier alpha value is -0.410. The fourth-order valence-electron chi connectivity index (χ4n) is 9.56. The molecule has 3 nitrogen and oxygen atoms in total. The number of aliphatic hydroxyl groups is 2. The first kappa shape index (κ1) is 22.8. The summed E-state index contributed by atoms with van der Waals surface area (Å²) in [6, 6.07) is 0. The molecule has 0 aromatic heterocycles. The van der Waals surface area contributed by atoms with Crippen LogP contribution < -0.4 is 0 Å². The van der Waals surface area contributed by atoms with Crippen LogP contribution in [0.3, 0.4) is 0 Å². The van der Waals surface area contributed by atoms with Gasteiger partial charge >= 0.3 is 0 Å². The molecule has 4 aliphatic rings. The van der Waals surface area contributed by atoms with Crippen LogP contribution in [0.5, 0.6) is 0 Å². The Kier molecular flexibility index (Phi) is 6.21. The zero-order chi connectivity index (χ0) is 21.8. The van der Waals surface area contributed by atoms with E-state index in [1.807, 2.05) is 0 Å². The minimum atomic E-state index is -0.209. The van der Waals surface area contributed by atoms with E-state index >= 15 is 0 Å². The summed E-state index contributed by atoms with van der Waals surface area (Å²) in [6.07, 6.45) is 10.4. The molecule has 2 N–H and O–H groups in total. The van der Waals surface area contributed by atoms with E-state index in [1.165, 1.54) is 25.7 Å². The smallest absolute Gasteiger partial charge is 0.129 e. The molecule has 4 fully saturated rings. The molecule has 0 aromatic rings. The number of hydrogen-bond acceptors (Lipinski definition) is 3. The molecule has 1 unspecified atom stereocenters. The van der Waals surface area contributed by atoms with Crippen molar-refractivity contribution in [2.45, 2.75) is 111 Å². The van der Waals surface area contributed by atoms with E-state index in [4.69, 9.17) is 0 Å². The lowest BCUT2D eigenvalue weighted by atomic mass is 9.41. The molecule has 0 heterocycles. The van der Waals surface area contributed by atoms with Crippen molar-refractivity contribution in [2.75, 3.05) is 0 Å². The maximum absolute atomic E-state index is 11.7. The minimum Gasteiger partial charge on any atom is -0.393 e. The van der Waals surface area contributed by atoms with Crippen molar-refractivity contribution in [1.82, 2.24) is 0 Å². The molecule has 30 heavy (non-hydrogen) atoms. The molecular weight excluding hydrogens is 372 g/mol. The highest BCUT2D eigenvalue weighted by Gasteiger charge is 2.64. The number of rotatable bonds is 5. The zero-order valence-corrected chi connectivity index (χ0v) is 20.1. The van der Waals surface area contributed by atoms with Gasteiger partial charge in [-0.25, -0.2) is 0 Å². The molecule has 0 saturated heterocycles. The fraction of sp³-hybridized carbons (Fsp3) is 0.963. The molecule has 0 aromatic carbocycles. The van der Waals surface area contributed by atoms with Crippen LogP contribution in [-0.4, -0.2) is 28.2 Å². The van der Waals surface area contributed by atoms with Crippen molar-refractivity contribution in [3.63, 3.8) is 0 Å². The maximum Gasteiger partial charge on any atom is 0.129 e. The number of ketones is 1. The summed E-state index contributed by atoms with van der Waals surface area (Å²) in [6.45, 7) is 11.4.